The van der Waals surface area contributed by atoms with Crippen LogP contribution < -0.4 is 10.1 Å². The Morgan fingerprint density at radius 2 is 2.10 bits per heavy atom. The van der Waals surface area contributed by atoms with Crippen LogP contribution in [0.15, 0.2) is 23.7 Å². The molecule has 2 aromatic rings. The Balaban J connectivity index is 1.93. The first-order chi connectivity index (χ1) is 9.49. The number of hydrogen-bond acceptors (Lipinski definition) is 5. The molecule has 20 heavy (non-hydrogen) atoms. The summed E-state index contributed by atoms with van der Waals surface area (Å²) >= 11 is 1.69. The van der Waals surface area contributed by atoms with E-state index >= 15 is 0 Å². The first kappa shape index (κ1) is 14.8. The maximum absolute atomic E-state index is 5.32. The fourth-order valence-corrected chi connectivity index (χ4v) is 2.59. The number of nitrogens with one attached hydrogen (secondary N) is 1. The molecule has 0 aliphatic heterocycles. The summed E-state index contributed by atoms with van der Waals surface area (Å²) < 4.78 is 5.32. The van der Waals surface area contributed by atoms with E-state index in [-0.39, 0.29) is 5.41 Å². The van der Waals surface area contributed by atoms with Gasteiger partial charge in [0.15, 0.2) is 0 Å². The van der Waals surface area contributed by atoms with Crippen molar-refractivity contribution in [1.29, 1.82) is 0 Å². The Kier molecular flexibility index (Phi) is 4.60. The number of thiazole rings is 1. The Hall–Kier alpha value is -1.62. The van der Waals surface area contributed by atoms with Gasteiger partial charge in [-0.25, -0.2) is 9.97 Å². The summed E-state index contributed by atoms with van der Waals surface area (Å²) in [6.07, 6.45) is 1.78. The molecule has 108 valence electrons. The molecule has 0 aliphatic carbocycles. The average Bonchev–Trinajstić information content (AvgIpc) is 2.87. The molecule has 0 unspecified atom stereocenters. The van der Waals surface area contributed by atoms with E-state index in [0.717, 1.165) is 22.9 Å². The van der Waals surface area contributed by atoms with Crippen LogP contribution in [0.4, 0.5) is 5.69 Å². The highest BCUT2D eigenvalue weighted by Crippen LogP contribution is 2.24. The number of hydrogen-bond donors (Lipinski definition) is 1. The number of rotatable bonds is 5. The third-order valence-electron chi connectivity index (χ3n) is 2.79. The summed E-state index contributed by atoms with van der Waals surface area (Å²) in [6.45, 7) is 9.83. The molecule has 0 atom stereocenters. The lowest BCUT2D eigenvalue weighted by Crippen LogP contribution is -2.11. The topological polar surface area (TPSA) is 47.0 Å². The van der Waals surface area contributed by atoms with Gasteiger partial charge in [0.1, 0.15) is 5.01 Å². The van der Waals surface area contributed by atoms with Gasteiger partial charge >= 0.3 is 0 Å². The maximum Gasteiger partial charge on any atom is 0.213 e. The third-order valence-corrected chi connectivity index (χ3v) is 3.64. The second-order valence-corrected chi connectivity index (χ2v) is 6.49. The summed E-state index contributed by atoms with van der Waals surface area (Å²) in [5, 5.41) is 6.54. The van der Waals surface area contributed by atoms with E-state index < -0.39 is 0 Å². The van der Waals surface area contributed by atoms with Crippen molar-refractivity contribution >= 4 is 17.0 Å². The first-order valence-corrected chi connectivity index (χ1v) is 7.64. The minimum Gasteiger partial charge on any atom is -0.478 e. The van der Waals surface area contributed by atoms with E-state index in [0.29, 0.717) is 12.5 Å². The van der Waals surface area contributed by atoms with Gasteiger partial charge in [-0.1, -0.05) is 20.8 Å². The van der Waals surface area contributed by atoms with Crippen LogP contribution in [0.1, 0.15) is 38.4 Å². The zero-order valence-electron chi connectivity index (χ0n) is 12.4. The van der Waals surface area contributed by atoms with Gasteiger partial charge in [-0.15, -0.1) is 11.3 Å². The molecular formula is C15H21N3OS. The van der Waals surface area contributed by atoms with Crippen molar-refractivity contribution in [2.45, 2.75) is 39.7 Å². The molecule has 0 fully saturated rings. The number of pyridine rings is 1. The van der Waals surface area contributed by atoms with Crippen molar-refractivity contribution in [2.24, 2.45) is 0 Å². The molecule has 5 heteroatoms. The summed E-state index contributed by atoms with van der Waals surface area (Å²) in [5.74, 6) is 0.655. The molecule has 2 heterocycles. The molecule has 0 spiro atoms. The van der Waals surface area contributed by atoms with Crippen molar-refractivity contribution in [3.05, 3.63) is 34.4 Å². The highest BCUT2D eigenvalue weighted by atomic mass is 32.1. The van der Waals surface area contributed by atoms with Crippen molar-refractivity contribution < 1.29 is 4.74 Å². The van der Waals surface area contributed by atoms with Gasteiger partial charge in [0, 0.05) is 16.9 Å². The molecular weight excluding hydrogens is 270 g/mol. The number of nitrogens with zero attached hydrogens (tertiary/aromatic N) is 2. The largest absolute Gasteiger partial charge is 0.478 e. The van der Waals surface area contributed by atoms with Crippen LogP contribution in [0.5, 0.6) is 5.88 Å². The van der Waals surface area contributed by atoms with E-state index in [1.807, 2.05) is 19.1 Å². The van der Waals surface area contributed by atoms with E-state index in [2.05, 4.69) is 41.4 Å². The highest BCUT2D eigenvalue weighted by Gasteiger charge is 2.17. The Bertz CT molecular complexity index is 543. The molecule has 0 bridgehead atoms. The van der Waals surface area contributed by atoms with Crippen LogP contribution in [0.2, 0.25) is 0 Å². The molecule has 0 saturated carbocycles. The van der Waals surface area contributed by atoms with Crippen molar-refractivity contribution in [1.82, 2.24) is 9.97 Å². The maximum atomic E-state index is 5.32. The summed E-state index contributed by atoms with van der Waals surface area (Å²) in [7, 11) is 0. The molecule has 0 aliphatic rings. The summed E-state index contributed by atoms with van der Waals surface area (Å²) in [6, 6.07) is 3.84. The standard InChI is InChI=1S/C15H21N3OS/c1-5-19-13-7-6-11(8-17-13)16-9-14-18-12(10-20-14)15(2,3)4/h6-8,10,16H,5,9H2,1-4H3. The number of ether oxygens (including phenoxy) is 1. The third kappa shape index (κ3) is 3.93. The van der Waals surface area contributed by atoms with E-state index in [1.54, 1.807) is 17.5 Å². The highest BCUT2D eigenvalue weighted by molar-refractivity contribution is 7.09. The minimum absolute atomic E-state index is 0.107. The smallest absolute Gasteiger partial charge is 0.213 e. The van der Waals surface area contributed by atoms with Gasteiger partial charge < -0.3 is 10.1 Å². The van der Waals surface area contributed by atoms with Gasteiger partial charge in [0.05, 0.1) is 30.7 Å². The van der Waals surface area contributed by atoms with Crippen molar-refractivity contribution in [2.75, 3.05) is 11.9 Å². The van der Waals surface area contributed by atoms with Gasteiger partial charge in [-0.05, 0) is 13.0 Å². The van der Waals surface area contributed by atoms with E-state index in [1.165, 1.54) is 0 Å². The zero-order valence-corrected chi connectivity index (χ0v) is 13.3. The van der Waals surface area contributed by atoms with Crippen molar-refractivity contribution in [3.8, 4) is 5.88 Å². The zero-order chi connectivity index (χ0) is 14.6. The minimum atomic E-state index is 0.107. The molecule has 0 amide bonds. The lowest BCUT2D eigenvalue weighted by Gasteiger charge is -2.14. The first-order valence-electron chi connectivity index (χ1n) is 6.76. The van der Waals surface area contributed by atoms with Crippen LogP contribution in [0.25, 0.3) is 0 Å². The van der Waals surface area contributed by atoms with Crippen LogP contribution in [-0.4, -0.2) is 16.6 Å². The average molecular weight is 291 g/mol. The summed E-state index contributed by atoms with van der Waals surface area (Å²) in [5.41, 5.74) is 2.22. The van der Waals surface area contributed by atoms with Crippen LogP contribution >= 0.6 is 11.3 Å². The van der Waals surface area contributed by atoms with Crippen LogP contribution in [0.3, 0.4) is 0 Å². The van der Waals surface area contributed by atoms with E-state index in [4.69, 9.17) is 4.74 Å². The molecule has 2 aromatic heterocycles. The molecule has 0 aromatic carbocycles. The molecule has 4 nitrogen and oxygen atoms in total. The number of anilines is 1. The normalized spacial score (nSPS) is 11.4. The lowest BCUT2D eigenvalue weighted by molar-refractivity contribution is 0.327. The van der Waals surface area contributed by atoms with Crippen LogP contribution in [-0.2, 0) is 12.0 Å². The van der Waals surface area contributed by atoms with Gasteiger partial charge in [0.25, 0.3) is 0 Å². The van der Waals surface area contributed by atoms with Crippen molar-refractivity contribution in [3.63, 3.8) is 0 Å². The van der Waals surface area contributed by atoms with Gasteiger partial charge in [-0.2, -0.15) is 0 Å². The molecule has 1 N–H and O–H groups in total. The monoisotopic (exact) mass is 291 g/mol. The predicted molar refractivity (Wildman–Crippen MR) is 83.5 cm³/mol. The van der Waals surface area contributed by atoms with E-state index in [9.17, 15) is 0 Å². The molecule has 0 radical (unpaired) electrons. The quantitative estimate of drug-likeness (QED) is 0.909. The van der Waals surface area contributed by atoms with Crippen LogP contribution in [0, 0.1) is 0 Å². The predicted octanol–water partition coefficient (Wildman–Crippen LogP) is 3.85. The van der Waals surface area contributed by atoms with Gasteiger partial charge in [0.2, 0.25) is 5.88 Å². The SMILES string of the molecule is CCOc1ccc(NCc2nc(C(C)(C)C)cs2)cn1. The second kappa shape index (κ2) is 6.22. The fraction of sp³-hybridized carbons (Fsp3) is 0.467. The lowest BCUT2D eigenvalue weighted by atomic mass is 9.93. The fourth-order valence-electron chi connectivity index (χ4n) is 1.63. The second-order valence-electron chi connectivity index (χ2n) is 5.55. The molecule has 2 rings (SSSR count). The Labute approximate surface area is 124 Å². The molecule has 0 saturated heterocycles. The Morgan fingerprint density at radius 3 is 2.65 bits per heavy atom. The number of aromatic nitrogens is 2. The van der Waals surface area contributed by atoms with Gasteiger partial charge in [-0.3, -0.25) is 0 Å². The Morgan fingerprint density at radius 1 is 1.30 bits per heavy atom. The summed E-state index contributed by atoms with van der Waals surface area (Å²) in [4.78, 5) is 8.88.